The Kier molecular flexibility index (Phi) is 5.05. The van der Waals surface area contributed by atoms with Crippen molar-refractivity contribution in [2.75, 3.05) is 6.54 Å². The molecule has 0 radical (unpaired) electrons. The minimum atomic E-state index is -0.0979. The lowest BCUT2D eigenvalue weighted by molar-refractivity contribution is -0.121. The molecule has 1 atom stereocenters. The first kappa shape index (κ1) is 20.8. The predicted molar refractivity (Wildman–Crippen MR) is 133 cm³/mol. The molecule has 1 heterocycles. The lowest BCUT2D eigenvalue weighted by Crippen LogP contribution is -2.39. The SMILES string of the molecule is Cc1cccc2c(=O)n(CCC(=O)NCC3CC4c5ccccc5C3c3ccccc34)cnc12. The number of amides is 1. The molecule has 4 aromatic rings. The Morgan fingerprint density at radius 1 is 0.971 bits per heavy atom. The van der Waals surface area contributed by atoms with Gasteiger partial charge in [-0.3, -0.25) is 14.2 Å². The zero-order valence-corrected chi connectivity index (χ0v) is 19.2. The Labute approximate surface area is 198 Å². The molecule has 170 valence electrons. The second-order valence-electron chi connectivity index (χ2n) is 9.55. The summed E-state index contributed by atoms with van der Waals surface area (Å²) in [5.74, 6) is 1.05. The van der Waals surface area contributed by atoms with E-state index in [1.807, 2.05) is 19.1 Å². The highest BCUT2D eigenvalue weighted by molar-refractivity contribution is 5.80. The second-order valence-corrected chi connectivity index (χ2v) is 9.55. The molecule has 34 heavy (non-hydrogen) atoms. The molecule has 2 bridgehead atoms. The van der Waals surface area contributed by atoms with Gasteiger partial charge in [-0.05, 0) is 53.1 Å². The van der Waals surface area contributed by atoms with Crippen LogP contribution >= 0.6 is 0 Å². The third-order valence-corrected chi connectivity index (χ3v) is 7.62. The smallest absolute Gasteiger partial charge is 0.261 e. The van der Waals surface area contributed by atoms with Gasteiger partial charge in [0.2, 0.25) is 5.91 Å². The number of fused-ring (bicyclic) bond motifs is 2. The highest BCUT2D eigenvalue weighted by Gasteiger charge is 2.42. The van der Waals surface area contributed by atoms with Gasteiger partial charge in [0.05, 0.1) is 17.2 Å². The number of para-hydroxylation sites is 1. The van der Waals surface area contributed by atoms with E-state index in [2.05, 4.69) is 58.8 Å². The summed E-state index contributed by atoms with van der Waals surface area (Å²) in [4.78, 5) is 30.0. The third-order valence-electron chi connectivity index (χ3n) is 7.62. The average Bonchev–Trinajstić information content (AvgIpc) is 2.87. The van der Waals surface area contributed by atoms with E-state index < -0.39 is 0 Å². The van der Waals surface area contributed by atoms with Crippen molar-refractivity contribution in [2.24, 2.45) is 5.92 Å². The fraction of sp³-hybridized carbons (Fsp3) is 0.276. The van der Waals surface area contributed by atoms with Gasteiger partial charge < -0.3 is 5.32 Å². The molecule has 0 spiro atoms. The molecule has 5 heteroatoms. The summed E-state index contributed by atoms with van der Waals surface area (Å²) < 4.78 is 1.54. The summed E-state index contributed by atoms with van der Waals surface area (Å²) in [6, 6.07) is 23.1. The molecule has 3 aliphatic carbocycles. The largest absolute Gasteiger partial charge is 0.356 e. The van der Waals surface area contributed by atoms with E-state index in [1.165, 1.54) is 26.8 Å². The van der Waals surface area contributed by atoms with Crippen LogP contribution in [0.25, 0.3) is 10.9 Å². The van der Waals surface area contributed by atoms with E-state index in [0.29, 0.717) is 36.2 Å². The van der Waals surface area contributed by atoms with Crippen molar-refractivity contribution >= 4 is 16.8 Å². The molecular weight excluding hydrogens is 422 g/mol. The van der Waals surface area contributed by atoms with E-state index in [1.54, 1.807) is 12.4 Å². The Balaban J connectivity index is 1.15. The second kappa shape index (κ2) is 8.24. The van der Waals surface area contributed by atoms with E-state index in [9.17, 15) is 9.59 Å². The summed E-state index contributed by atoms with van der Waals surface area (Å²) in [6.45, 7) is 2.91. The quantitative estimate of drug-likeness (QED) is 0.488. The molecule has 0 saturated carbocycles. The number of hydrogen-bond acceptors (Lipinski definition) is 3. The molecule has 1 amide bonds. The first-order valence-electron chi connectivity index (χ1n) is 12.0. The zero-order valence-electron chi connectivity index (χ0n) is 19.2. The van der Waals surface area contributed by atoms with Gasteiger partial charge in [-0.25, -0.2) is 4.98 Å². The fourth-order valence-electron chi connectivity index (χ4n) is 6.01. The van der Waals surface area contributed by atoms with Gasteiger partial charge >= 0.3 is 0 Å². The molecule has 0 saturated heterocycles. The highest BCUT2D eigenvalue weighted by Crippen LogP contribution is 2.55. The van der Waals surface area contributed by atoms with Crippen LogP contribution in [0.2, 0.25) is 0 Å². The van der Waals surface area contributed by atoms with Crippen molar-refractivity contribution < 1.29 is 4.79 Å². The number of carbonyl (C=O) groups excluding carboxylic acids is 1. The van der Waals surface area contributed by atoms with Gasteiger partial charge in [-0.15, -0.1) is 0 Å². The normalized spacial score (nSPS) is 20.1. The van der Waals surface area contributed by atoms with Crippen molar-refractivity contribution in [2.45, 2.75) is 38.1 Å². The maximum Gasteiger partial charge on any atom is 0.261 e. The van der Waals surface area contributed by atoms with Crippen molar-refractivity contribution in [3.8, 4) is 0 Å². The lowest BCUT2D eigenvalue weighted by Gasteiger charge is -2.45. The number of benzene rings is 3. The number of aromatic nitrogens is 2. The van der Waals surface area contributed by atoms with E-state index in [4.69, 9.17) is 0 Å². The van der Waals surface area contributed by atoms with Gasteiger partial charge in [0.25, 0.3) is 5.56 Å². The summed E-state index contributed by atoms with van der Waals surface area (Å²) in [7, 11) is 0. The van der Waals surface area contributed by atoms with Crippen LogP contribution in [0.4, 0.5) is 0 Å². The Morgan fingerprint density at radius 2 is 1.65 bits per heavy atom. The third kappa shape index (κ3) is 3.35. The maximum atomic E-state index is 12.8. The van der Waals surface area contributed by atoms with E-state index in [-0.39, 0.29) is 17.9 Å². The Hall–Kier alpha value is -3.73. The van der Waals surface area contributed by atoms with Crippen molar-refractivity contribution in [3.05, 3.63) is 111 Å². The fourth-order valence-corrected chi connectivity index (χ4v) is 6.01. The molecule has 7 rings (SSSR count). The first-order chi connectivity index (χ1) is 16.6. The molecule has 5 nitrogen and oxygen atoms in total. The van der Waals surface area contributed by atoms with Crippen LogP contribution in [-0.4, -0.2) is 22.0 Å². The van der Waals surface area contributed by atoms with E-state index in [0.717, 1.165) is 17.5 Å². The molecule has 1 N–H and O–H groups in total. The molecular formula is C29H27N3O2. The van der Waals surface area contributed by atoms with Gasteiger partial charge in [0.1, 0.15) is 0 Å². The molecule has 1 unspecified atom stereocenters. The van der Waals surface area contributed by atoms with Crippen LogP contribution in [0, 0.1) is 12.8 Å². The lowest BCUT2D eigenvalue weighted by atomic mass is 9.59. The molecule has 3 aliphatic rings. The Morgan fingerprint density at radius 3 is 2.35 bits per heavy atom. The number of rotatable bonds is 5. The van der Waals surface area contributed by atoms with Crippen molar-refractivity contribution in [1.82, 2.24) is 14.9 Å². The van der Waals surface area contributed by atoms with Gasteiger partial charge in [0.15, 0.2) is 0 Å². The molecule has 1 aromatic heterocycles. The van der Waals surface area contributed by atoms with Crippen LogP contribution < -0.4 is 10.9 Å². The van der Waals surface area contributed by atoms with E-state index >= 15 is 0 Å². The zero-order chi connectivity index (χ0) is 23.2. The molecule has 0 fully saturated rings. The van der Waals surface area contributed by atoms with Gasteiger partial charge in [-0.2, -0.15) is 0 Å². The average molecular weight is 450 g/mol. The number of aryl methyl sites for hydroxylation is 2. The Bertz CT molecular complexity index is 1420. The minimum absolute atomic E-state index is 0.0285. The topological polar surface area (TPSA) is 64.0 Å². The van der Waals surface area contributed by atoms with Crippen LogP contribution in [0.1, 0.15) is 52.5 Å². The number of nitrogens with zero attached hydrogens (tertiary/aromatic N) is 2. The maximum absolute atomic E-state index is 12.8. The summed E-state index contributed by atoms with van der Waals surface area (Å²) in [5.41, 5.74) is 7.28. The number of hydrogen-bond donors (Lipinski definition) is 1. The predicted octanol–water partition coefficient (Wildman–Crippen LogP) is 4.51. The minimum Gasteiger partial charge on any atom is -0.356 e. The van der Waals surface area contributed by atoms with Crippen molar-refractivity contribution in [1.29, 1.82) is 0 Å². The van der Waals surface area contributed by atoms with Crippen molar-refractivity contribution in [3.63, 3.8) is 0 Å². The number of carbonyl (C=O) groups is 1. The number of nitrogens with one attached hydrogen (secondary N) is 1. The summed E-state index contributed by atoms with van der Waals surface area (Å²) in [5, 5.41) is 3.76. The summed E-state index contributed by atoms with van der Waals surface area (Å²) in [6.07, 6.45) is 2.86. The van der Waals surface area contributed by atoms with Crippen LogP contribution in [-0.2, 0) is 11.3 Å². The summed E-state index contributed by atoms with van der Waals surface area (Å²) >= 11 is 0. The highest BCUT2D eigenvalue weighted by atomic mass is 16.1. The van der Waals surface area contributed by atoms with Crippen LogP contribution in [0.5, 0.6) is 0 Å². The first-order valence-corrected chi connectivity index (χ1v) is 12.0. The van der Waals surface area contributed by atoms with Gasteiger partial charge in [0, 0.05) is 31.3 Å². The molecule has 3 aromatic carbocycles. The molecule has 0 aliphatic heterocycles. The standard InChI is InChI=1S/C29H27N3O2/c1-18-7-6-12-24-28(18)31-17-32(29(24)34)14-13-26(33)30-16-19-15-25-20-8-2-4-10-22(20)27(19)23-11-5-3-9-21(23)25/h2-12,17,19,25,27H,13-16H2,1H3,(H,30,33). The van der Waals surface area contributed by atoms with Gasteiger partial charge in [-0.1, -0.05) is 60.7 Å². The van der Waals surface area contributed by atoms with Crippen LogP contribution in [0.15, 0.2) is 77.9 Å². The monoisotopic (exact) mass is 449 g/mol. The van der Waals surface area contributed by atoms with Crippen LogP contribution in [0.3, 0.4) is 0 Å².